The van der Waals surface area contributed by atoms with Crippen molar-refractivity contribution in [3.8, 4) is 11.6 Å². The minimum Gasteiger partial charge on any atom is -0.457 e. The predicted molar refractivity (Wildman–Crippen MR) is 103 cm³/mol. The van der Waals surface area contributed by atoms with E-state index < -0.39 is 17.8 Å². The number of carbonyl (C=O) groups excluding carboxylic acids is 3. The lowest BCUT2D eigenvalue weighted by Crippen LogP contribution is -2.20. The Labute approximate surface area is 166 Å². The van der Waals surface area contributed by atoms with E-state index in [2.05, 4.69) is 10.3 Å². The first-order chi connectivity index (χ1) is 14.0. The zero-order valence-corrected chi connectivity index (χ0v) is 15.5. The Morgan fingerprint density at radius 3 is 2.45 bits per heavy atom. The summed E-state index contributed by atoms with van der Waals surface area (Å²) in [5, 5.41) is 2.23. The second kappa shape index (κ2) is 7.55. The molecule has 0 atom stereocenters. The van der Waals surface area contributed by atoms with Crippen LogP contribution in [0.5, 0.6) is 11.6 Å². The van der Waals surface area contributed by atoms with Crippen LogP contribution < -0.4 is 10.1 Å². The fourth-order valence-corrected chi connectivity index (χ4v) is 2.93. The minimum absolute atomic E-state index is 0.0442. The Kier molecular flexibility index (Phi) is 4.78. The van der Waals surface area contributed by atoms with Crippen molar-refractivity contribution in [2.75, 3.05) is 0 Å². The third-order valence-corrected chi connectivity index (χ3v) is 4.33. The maximum absolute atomic E-state index is 12.2. The Morgan fingerprint density at radius 2 is 1.72 bits per heavy atom. The van der Waals surface area contributed by atoms with Crippen molar-refractivity contribution in [3.63, 3.8) is 0 Å². The van der Waals surface area contributed by atoms with E-state index in [4.69, 9.17) is 9.47 Å². The van der Waals surface area contributed by atoms with Crippen LogP contribution in [0, 0.1) is 6.92 Å². The summed E-state index contributed by atoms with van der Waals surface area (Å²) in [6, 6.07) is 17.2. The molecule has 144 valence electrons. The molecule has 1 aromatic heterocycles. The van der Waals surface area contributed by atoms with Crippen molar-refractivity contribution in [3.05, 3.63) is 88.6 Å². The van der Waals surface area contributed by atoms with Gasteiger partial charge in [-0.3, -0.25) is 14.9 Å². The highest BCUT2D eigenvalue weighted by atomic mass is 16.5. The van der Waals surface area contributed by atoms with E-state index in [9.17, 15) is 14.4 Å². The number of esters is 1. The van der Waals surface area contributed by atoms with Crippen molar-refractivity contribution in [2.24, 2.45) is 0 Å². The maximum Gasteiger partial charge on any atom is 0.338 e. The zero-order chi connectivity index (χ0) is 20.4. The number of amides is 2. The van der Waals surface area contributed by atoms with Crippen molar-refractivity contribution >= 4 is 17.8 Å². The average molecular weight is 388 g/mol. The van der Waals surface area contributed by atoms with Crippen LogP contribution in [-0.4, -0.2) is 22.8 Å². The number of rotatable bonds is 5. The fourth-order valence-electron chi connectivity index (χ4n) is 2.93. The van der Waals surface area contributed by atoms with E-state index in [-0.39, 0.29) is 23.6 Å². The molecule has 4 rings (SSSR count). The Hall–Kier alpha value is -4.00. The first-order valence-corrected chi connectivity index (χ1v) is 8.87. The number of hydrogen-bond acceptors (Lipinski definition) is 6. The fraction of sp³-hybridized carbons (Fsp3) is 0.0909. The first kappa shape index (κ1) is 18.4. The average Bonchev–Trinajstić information content (AvgIpc) is 3.01. The smallest absolute Gasteiger partial charge is 0.338 e. The molecule has 1 aliphatic heterocycles. The normalized spacial score (nSPS) is 12.3. The van der Waals surface area contributed by atoms with Crippen LogP contribution in [-0.2, 0) is 11.3 Å². The molecule has 0 unspecified atom stereocenters. The topological polar surface area (TPSA) is 94.6 Å². The van der Waals surface area contributed by atoms with Crippen LogP contribution in [0.3, 0.4) is 0 Å². The van der Waals surface area contributed by atoms with Crippen molar-refractivity contribution in [1.29, 1.82) is 0 Å². The van der Waals surface area contributed by atoms with Gasteiger partial charge in [0.25, 0.3) is 11.8 Å². The SMILES string of the molecule is Cc1cc2c(c(Oc3ccc(C(=O)OCc4ccccc4)cc3)n1)C(=O)NC2=O. The molecule has 0 saturated carbocycles. The van der Waals surface area contributed by atoms with Crippen LogP contribution >= 0.6 is 0 Å². The summed E-state index contributed by atoms with van der Waals surface area (Å²) in [4.78, 5) is 40.3. The molecule has 7 heteroatoms. The molecule has 0 bridgehead atoms. The van der Waals surface area contributed by atoms with Crippen LogP contribution in [0.1, 0.15) is 42.3 Å². The Morgan fingerprint density at radius 1 is 1.00 bits per heavy atom. The van der Waals surface area contributed by atoms with Gasteiger partial charge in [0.15, 0.2) is 0 Å². The first-order valence-electron chi connectivity index (χ1n) is 8.87. The summed E-state index contributed by atoms with van der Waals surface area (Å²) in [6.45, 7) is 1.88. The van der Waals surface area contributed by atoms with Crippen molar-refractivity contribution in [2.45, 2.75) is 13.5 Å². The number of nitrogens with zero attached hydrogens (tertiary/aromatic N) is 1. The van der Waals surface area contributed by atoms with Gasteiger partial charge in [-0.25, -0.2) is 9.78 Å². The van der Waals surface area contributed by atoms with Gasteiger partial charge in [-0.1, -0.05) is 30.3 Å². The van der Waals surface area contributed by atoms with E-state index >= 15 is 0 Å². The van der Waals surface area contributed by atoms with Crippen LogP contribution in [0.25, 0.3) is 0 Å². The molecule has 0 saturated heterocycles. The van der Waals surface area contributed by atoms with Crippen LogP contribution in [0.15, 0.2) is 60.7 Å². The molecule has 0 radical (unpaired) electrons. The standard InChI is InChI=1S/C22H16N2O5/c1-13-11-17-18(20(26)24-19(17)25)21(23-13)29-16-9-7-15(8-10-16)22(27)28-12-14-5-3-2-4-6-14/h2-11H,12H2,1H3,(H,24,25,26). The number of fused-ring (bicyclic) bond motifs is 1. The molecule has 7 nitrogen and oxygen atoms in total. The number of nitrogens with one attached hydrogen (secondary N) is 1. The summed E-state index contributed by atoms with van der Waals surface area (Å²) < 4.78 is 11.0. The van der Waals surface area contributed by atoms with Crippen LogP contribution in [0.2, 0.25) is 0 Å². The van der Waals surface area contributed by atoms with Gasteiger partial charge < -0.3 is 9.47 Å². The monoisotopic (exact) mass is 388 g/mol. The number of aromatic nitrogens is 1. The van der Waals surface area contributed by atoms with E-state index in [0.717, 1.165) is 5.56 Å². The van der Waals surface area contributed by atoms with Gasteiger partial charge in [0.1, 0.15) is 17.9 Å². The summed E-state index contributed by atoms with van der Waals surface area (Å²) >= 11 is 0. The molecule has 2 aromatic carbocycles. The molecule has 29 heavy (non-hydrogen) atoms. The Bertz CT molecular complexity index is 1110. The molecule has 3 aromatic rings. The quantitative estimate of drug-likeness (QED) is 0.532. The van der Waals surface area contributed by atoms with Gasteiger partial charge in [-0.2, -0.15) is 0 Å². The number of benzene rings is 2. The summed E-state index contributed by atoms with van der Waals surface area (Å²) in [7, 11) is 0. The minimum atomic E-state index is -0.548. The number of hydrogen-bond donors (Lipinski definition) is 1. The molecule has 2 amide bonds. The maximum atomic E-state index is 12.2. The molecule has 2 heterocycles. The second-order valence-electron chi connectivity index (χ2n) is 6.46. The van der Waals surface area contributed by atoms with Gasteiger partial charge in [0.05, 0.1) is 11.1 Å². The molecular weight excluding hydrogens is 372 g/mol. The van der Waals surface area contributed by atoms with E-state index in [1.54, 1.807) is 31.2 Å². The predicted octanol–water partition coefficient (Wildman–Crippen LogP) is 3.42. The van der Waals surface area contributed by atoms with Gasteiger partial charge in [0.2, 0.25) is 5.88 Å². The number of pyridine rings is 1. The van der Waals surface area contributed by atoms with Crippen LogP contribution in [0.4, 0.5) is 0 Å². The lowest BCUT2D eigenvalue weighted by Gasteiger charge is -2.09. The third kappa shape index (κ3) is 3.84. The molecular formula is C22H16N2O5. The number of ether oxygens (including phenoxy) is 2. The van der Waals surface area contributed by atoms with Gasteiger partial charge in [-0.15, -0.1) is 0 Å². The van der Waals surface area contributed by atoms with E-state index in [1.165, 1.54) is 6.07 Å². The highest BCUT2D eigenvalue weighted by Crippen LogP contribution is 2.29. The lowest BCUT2D eigenvalue weighted by molar-refractivity contribution is 0.0472. The highest BCUT2D eigenvalue weighted by molar-refractivity contribution is 6.22. The van der Waals surface area contributed by atoms with Crippen molar-refractivity contribution < 1.29 is 23.9 Å². The number of imide groups is 1. The largest absolute Gasteiger partial charge is 0.457 e. The zero-order valence-electron chi connectivity index (χ0n) is 15.5. The third-order valence-electron chi connectivity index (χ3n) is 4.33. The lowest BCUT2D eigenvalue weighted by atomic mass is 10.1. The highest BCUT2D eigenvalue weighted by Gasteiger charge is 2.32. The molecule has 0 aliphatic carbocycles. The molecule has 1 N–H and O–H groups in total. The summed E-state index contributed by atoms with van der Waals surface area (Å²) in [5.74, 6) is -1.06. The molecule has 1 aliphatic rings. The van der Waals surface area contributed by atoms with Crippen molar-refractivity contribution in [1.82, 2.24) is 10.3 Å². The van der Waals surface area contributed by atoms with Gasteiger partial charge in [0, 0.05) is 5.69 Å². The second-order valence-corrected chi connectivity index (χ2v) is 6.46. The van der Waals surface area contributed by atoms with Gasteiger partial charge >= 0.3 is 5.97 Å². The van der Waals surface area contributed by atoms with E-state index in [1.807, 2.05) is 30.3 Å². The number of aryl methyl sites for hydroxylation is 1. The van der Waals surface area contributed by atoms with Gasteiger partial charge in [-0.05, 0) is 42.8 Å². The molecule has 0 spiro atoms. The van der Waals surface area contributed by atoms with E-state index in [0.29, 0.717) is 17.0 Å². The number of carbonyl (C=O) groups is 3. The summed E-state index contributed by atoms with van der Waals surface area (Å²) in [6.07, 6.45) is 0. The summed E-state index contributed by atoms with van der Waals surface area (Å²) in [5.41, 5.74) is 2.15. The Balaban J connectivity index is 1.48. The molecule has 0 fully saturated rings.